The van der Waals surface area contributed by atoms with Gasteiger partial charge in [-0.2, -0.15) is 0 Å². The Labute approximate surface area is 73.8 Å². The molecule has 0 aromatic rings. The van der Waals surface area contributed by atoms with Gasteiger partial charge in [0.05, 0.1) is 6.61 Å². The molecule has 0 bridgehead atoms. The molecule has 4 heteroatoms. The first-order valence-electron chi connectivity index (χ1n) is 3.59. The quantitative estimate of drug-likeness (QED) is 0.367. The van der Waals surface area contributed by atoms with Crippen molar-refractivity contribution in [2.75, 3.05) is 20.5 Å². The van der Waals surface area contributed by atoms with E-state index in [1.807, 2.05) is 6.92 Å². The van der Waals surface area contributed by atoms with Crippen molar-refractivity contribution >= 4 is 6.16 Å². The number of rotatable bonds is 5. The lowest BCUT2D eigenvalue weighted by atomic mass is 10.4. The molecule has 0 aromatic carbocycles. The average Bonchev–Trinajstić information content (AvgIpc) is 2.01. The SMILES string of the molecule is C.CCCCOC(=O)OCOC. The molecular weight excluding hydrogens is 160 g/mol. The van der Waals surface area contributed by atoms with Crippen LogP contribution in [0.2, 0.25) is 0 Å². The summed E-state index contributed by atoms with van der Waals surface area (Å²) in [5, 5.41) is 0. The van der Waals surface area contributed by atoms with Crippen LogP contribution in [-0.2, 0) is 14.2 Å². The molecule has 12 heavy (non-hydrogen) atoms. The highest BCUT2D eigenvalue weighted by Crippen LogP contribution is 1.90. The molecular formula is C8H18O4. The Bertz CT molecular complexity index is 103. The van der Waals surface area contributed by atoms with Gasteiger partial charge in [-0.25, -0.2) is 4.79 Å². The zero-order valence-electron chi connectivity index (χ0n) is 6.96. The summed E-state index contributed by atoms with van der Waals surface area (Å²) in [4.78, 5) is 10.6. The number of methoxy groups -OCH3 is 1. The lowest BCUT2D eigenvalue weighted by Crippen LogP contribution is -2.09. The van der Waals surface area contributed by atoms with Gasteiger partial charge in [0.1, 0.15) is 0 Å². The summed E-state index contributed by atoms with van der Waals surface area (Å²) in [5.74, 6) is 0. The lowest BCUT2D eigenvalue weighted by molar-refractivity contribution is -0.0263. The molecule has 0 N–H and O–H groups in total. The van der Waals surface area contributed by atoms with Gasteiger partial charge in [0.2, 0.25) is 0 Å². The highest BCUT2D eigenvalue weighted by Gasteiger charge is 2.00. The molecule has 0 unspecified atom stereocenters. The van der Waals surface area contributed by atoms with Gasteiger partial charge < -0.3 is 14.2 Å². The number of ether oxygens (including phenoxy) is 3. The van der Waals surface area contributed by atoms with E-state index in [0.29, 0.717) is 6.61 Å². The zero-order valence-corrected chi connectivity index (χ0v) is 6.96. The molecule has 0 fully saturated rings. The van der Waals surface area contributed by atoms with E-state index in [1.165, 1.54) is 7.11 Å². The van der Waals surface area contributed by atoms with Crippen LogP contribution in [0.3, 0.4) is 0 Å². The Morgan fingerprint density at radius 1 is 1.33 bits per heavy atom. The van der Waals surface area contributed by atoms with Crippen LogP contribution in [0.25, 0.3) is 0 Å². The van der Waals surface area contributed by atoms with Gasteiger partial charge in [-0.1, -0.05) is 20.8 Å². The van der Waals surface area contributed by atoms with Crippen molar-refractivity contribution in [2.45, 2.75) is 27.2 Å². The van der Waals surface area contributed by atoms with Crippen molar-refractivity contribution in [3.05, 3.63) is 0 Å². The summed E-state index contributed by atoms with van der Waals surface area (Å²) in [6, 6.07) is 0. The molecule has 0 aliphatic carbocycles. The predicted octanol–water partition coefficient (Wildman–Crippen LogP) is 2.18. The third-order valence-corrected chi connectivity index (χ3v) is 1.01. The second-order valence-electron chi connectivity index (χ2n) is 2.00. The normalized spacial score (nSPS) is 8.50. The van der Waals surface area contributed by atoms with Crippen LogP contribution in [-0.4, -0.2) is 26.7 Å². The fourth-order valence-corrected chi connectivity index (χ4v) is 0.449. The standard InChI is InChI=1S/C7H14O4.CH4/c1-3-4-5-10-7(8)11-6-9-2;/h3-6H2,1-2H3;1H4. The van der Waals surface area contributed by atoms with Crippen LogP contribution in [0.4, 0.5) is 4.79 Å². The first-order valence-corrected chi connectivity index (χ1v) is 3.59. The number of hydrogen-bond donors (Lipinski definition) is 0. The molecule has 0 aromatic heterocycles. The van der Waals surface area contributed by atoms with Crippen LogP contribution < -0.4 is 0 Å². The maximum absolute atomic E-state index is 10.6. The highest BCUT2D eigenvalue weighted by molar-refractivity contribution is 5.59. The maximum atomic E-state index is 10.6. The second kappa shape index (κ2) is 10.2. The molecule has 74 valence electrons. The van der Waals surface area contributed by atoms with E-state index in [2.05, 4.69) is 14.2 Å². The van der Waals surface area contributed by atoms with Gasteiger partial charge in [-0.3, -0.25) is 0 Å². The molecule has 0 aliphatic rings. The largest absolute Gasteiger partial charge is 0.510 e. The molecule has 4 nitrogen and oxygen atoms in total. The van der Waals surface area contributed by atoms with Gasteiger partial charge in [0.25, 0.3) is 0 Å². The van der Waals surface area contributed by atoms with Crippen LogP contribution >= 0.6 is 0 Å². The summed E-state index contributed by atoms with van der Waals surface area (Å²) in [5.41, 5.74) is 0. The van der Waals surface area contributed by atoms with E-state index >= 15 is 0 Å². The van der Waals surface area contributed by atoms with E-state index in [4.69, 9.17) is 0 Å². The summed E-state index contributed by atoms with van der Waals surface area (Å²) in [7, 11) is 1.44. The minimum atomic E-state index is -0.666. The summed E-state index contributed by atoms with van der Waals surface area (Å²) in [6.45, 7) is 2.38. The van der Waals surface area contributed by atoms with Crippen molar-refractivity contribution < 1.29 is 19.0 Å². The minimum absolute atomic E-state index is 0. The maximum Gasteiger partial charge on any atom is 0.510 e. The zero-order chi connectivity index (χ0) is 8.53. The van der Waals surface area contributed by atoms with Crippen molar-refractivity contribution in [1.29, 1.82) is 0 Å². The summed E-state index contributed by atoms with van der Waals surface area (Å²) >= 11 is 0. The van der Waals surface area contributed by atoms with Crippen molar-refractivity contribution in [3.8, 4) is 0 Å². The van der Waals surface area contributed by atoms with E-state index < -0.39 is 6.16 Å². The molecule has 0 heterocycles. The second-order valence-corrected chi connectivity index (χ2v) is 2.00. The number of carbonyl (C=O) groups excluding carboxylic acids is 1. The number of unbranched alkanes of at least 4 members (excludes halogenated alkanes) is 1. The van der Waals surface area contributed by atoms with E-state index in [9.17, 15) is 4.79 Å². The third-order valence-electron chi connectivity index (χ3n) is 1.01. The first kappa shape index (κ1) is 13.8. The monoisotopic (exact) mass is 178 g/mol. The Kier molecular flexibility index (Phi) is 11.8. The molecule has 0 rings (SSSR count). The Hall–Kier alpha value is -0.770. The summed E-state index contributed by atoms with van der Waals surface area (Å²) < 4.78 is 13.6. The van der Waals surface area contributed by atoms with E-state index in [0.717, 1.165) is 12.8 Å². The van der Waals surface area contributed by atoms with Gasteiger partial charge in [0, 0.05) is 7.11 Å². The van der Waals surface area contributed by atoms with Gasteiger partial charge in [-0.15, -0.1) is 0 Å². The first-order chi connectivity index (χ1) is 5.31. The van der Waals surface area contributed by atoms with E-state index in [1.54, 1.807) is 0 Å². The highest BCUT2D eigenvalue weighted by atomic mass is 16.8. The van der Waals surface area contributed by atoms with E-state index in [-0.39, 0.29) is 14.2 Å². The predicted molar refractivity (Wildman–Crippen MR) is 45.9 cm³/mol. The molecule has 0 saturated carbocycles. The minimum Gasteiger partial charge on any atom is -0.434 e. The van der Waals surface area contributed by atoms with Gasteiger partial charge in [-0.05, 0) is 6.42 Å². The lowest BCUT2D eigenvalue weighted by Gasteiger charge is -2.03. The van der Waals surface area contributed by atoms with Crippen molar-refractivity contribution in [1.82, 2.24) is 0 Å². The van der Waals surface area contributed by atoms with Crippen molar-refractivity contribution in [2.24, 2.45) is 0 Å². The summed E-state index contributed by atoms with van der Waals surface area (Å²) in [6.07, 6.45) is 1.19. The molecule has 0 amide bonds. The molecule has 0 radical (unpaired) electrons. The van der Waals surface area contributed by atoms with Crippen molar-refractivity contribution in [3.63, 3.8) is 0 Å². The van der Waals surface area contributed by atoms with Gasteiger partial charge >= 0.3 is 6.16 Å². The fourth-order valence-electron chi connectivity index (χ4n) is 0.449. The van der Waals surface area contributed by atoms with Crippen LogP contribution in [0, 0.1) is 0 Å². The third kappa shape index (κ3) is 9.23. The Morgan fingerprint density at radius 3 is 2.50 bits per heavy atom. The molecule has 0 saturated heterocycles. The molecule has 0 spiro atoms. The van der Waals surface area contributed by atoms with Crippen LogP contribution in [0.5, 0.6) is 0 Å². The number of hydrogen-bond acceptors (Lipinski definition) is 4. The average molecular weight is 178 g/mol. The molecule has 0 atom stereocenters. The smallest absolute Gasteiger partial charge is 0.434 e. The van der Waals surface area contributed by atoms with Crippen LogP contribution in [0.15, 0.2) is 0 Å². The molecule has 0 aliphatic heterocycles. The van der Waals surface area contributed by atoms with Gasteiger partial charge in [0.15, 0.2) is 6.79 Å². The Morgan fingerprint density at radius 2 is 2.00 bits per heavy atom. The van der Waals surface area contributed by atoms with Crippen LogP contribution in [0.1, 0.15) is 27.2 Å². The topological polar surface area (TPSA) is 44.8 Å². The fraction of sp³-hybridized carbons (Fsp3) is 0.875. The Balaban J connectivity index is 0. The number of carbonyl (C=O) groups is 1.